The van der Waals surface area contributed by atoms with Crippen molar-refractivity contribution in [1.82, 2.24) is 9.55 Å². The molecule has 26 heavy (non-hydrogen) atoms. The van der Waals surface area contributed by atoms with Crippen LogP contribution in [-0.4, -0.2) is 20.4 Å². The molecule has 2 aromatic heterocycles. The maximum absolute atomic E-state index is 12.4. The number of nitro groups is 1. The number of non-ortho nitro benzene ring substituents is 1. The third-order valence-corrected chi connectivity index (χ3v) is 4.77. The Morgan fingerprint density at radius 1 is 1.12 bits per heavy atom. The highest BCUT2D eigenvalue weighted by Crippen LogP contribution is 2.29. The Morgan fingerprint density at radius 3 is 2.54 bits per heavy atom. The highest BCUT2D eigenvalue weighted by atomic mass is 32.1. The molecule has 0 saturated heterocycles. The fourth-order valence-electron chi connectivity index (χ4n) is 2.54. The normalized spacial score (nSPS) is 10.8. The van der Waals surface area contributed by atoms with Gasteiger partial charge in [-0.2, -0.15) is 0 Å². The van der Waals surface area contributed by atoms with Crippen molar-refractivity contribution < 1.29 is 9.72 Å². The van der Waals surface area contributed by atoms with Crippen molar-refractivity contribution >= 4 is 38.3 Å². The van der Waals surface area contributed by atoms with E-state index in [1.54, 1.807) is 18.2 Å². The summed E-state index contributed by atoms with van der Waals surface area (Å²) >= 11 is 1.20. The van der Waals surface area contributed by atoms with E-state index in [0.717, 1.165) is 5.69 Å². The fourth-order valence-corrected chi connectivity index (χ4v) is 3.44. The predicted octanol–water partition coefficient (Wildman–Crippen LogP) is 4.25. The second kappa shape index (κ2) is 6.41. The van der Waals surface area contributed by atoms with Gasteiger partial charge >= 0.3 is 0 Å². The maximum Gasteiger partial charge on any atom is 0.270 e. The largest absolute Gasteiger partial charge is 0.324 e. The molecule has 0 atom stereocenters. The molecule has 0 aliphatic carbocycles. The van der Waals surface area contributed by atoms with E-state index >= 15 is 0 Å². The van der Waals surface area contributed by atoms with E-state index in [4.69, 9.17) is 0 Å². The van der Waals surface area contributed by atoms with Crippen molar-refractivity contribution in [2.45, 2.75) is 0 Å². The van der Waals surface area contributed by atoms with Gasteiger partial charge in [-0.1, -0.05) is 11.3 Å². The Hall–Kier alpha value is -3.52. The van der Waals surface area contributed by atoms with Crippen molar-refractivity contribution in [2.24, 2.45) is 0 Å². The van der Waals surface area contributed by atoms with Gasteiger partial charge < -0.3 is 4.57 Å². The van der Waals surface area contributed by atoms with E-state index in [0.29, 0.717) is 20.9 Å². The number of hydrogen-bond donors (Lipinski definition) is 1. The predicted molar refractivity (Wildman–Crippen MR) is 100.0 cm³/mol. The number of thiazole rings is 1. The summed E-state index contributed by atoms with van der Waals surface area (Å²) in [6, 6.07) is 15.5. The van der Waals surface area contributed by atoms with Gasteiger partial charge in [0.2, 0.25) is 0 Å². The van der Waals surface area contributed by atoms with Gasteiger partial charge in [0.05, 0.1) is 15.1 Å². The number of carbonyl (C=O) groups is 1. The number of rotatable bonds is 4. The smallest absolute Gasteiger partial charge is 0.270 e. The minimum Gasteiger partial charge on any atom is -0.324 e. The van der Waals surface area contributed by atoms with Crippen LogP contribution >= 0.6 is 11.3 Å². The Labute approximate surface area is 151 Å². The lowest BCUT2D eigenvalue weighted by Gasteiger charge is -2.05. The van der Waals surface area contributed by atoms with Gasteiger partial charge in [-0.25, -0.2) is 4.98 Å². The summed E-state index contributed by atoms with van der Waals surface area (Å²) in [5.74, 6) is -0.280. The number of hydrogen-bond acceptors (Lipinski definition) is 5. The molecular weight excluding hydrogens is 352 g/mol. The Bertz CT molecular complexity index is 1100. The summed E-state index contributed by atoms with van der Waals surface area (Å²) in [6.45, 7) is 0. The van der Waals surface area contributed by atoms with Crippen LogP contribution in [0.4, 0.5) is 10.8 Å². The molecule has 1 amide bonds. The molecule has 0 radical (unpaired) electrons. The monoisotopic (exact) mass is 364 g/mol. The fraction of sp³-hybridized carbons (Fsp3) is 0. The molecular formula is C18H12N4O3S. The van der Waals surface area contributed by atoms with Crippen molar-refractivity contribution in [3.8, 4) is 5.69 Å². The van der Waals surface area contributed by atoms with Gasteiger partial charge in [-0.3, -0.25) is 20.2 Å². The van der Waals surface area contributed by atoms with Gasteiger partial charge in [-0.15, -0.1) is 0 Å². The van der Waals surface area contributed by atoms with E-state index < -0.39 is 4.92 Å². The van der Waals surface area contributed by atoms with Crippen LogP contribution in [-0.2, 0) is 0 Å². The molecule has 7 nitrogen and oxygen atoms in total. The van der Waals surface area contributed by atoms with Crippen LogP contribution in [0.5, 0.6) is 0 Å². The highest BCUT2D eigenvalue weighted by Gasteiger charge is 2.13. The summed E-state index contributed by atoms with van der Waals surface area (Å²) in [7, 11) is 0. The van der Waals surface area contributed by atoms with E-state index in [2.05, 4.69) is 10.3 Å². The van der Waals surface area contributed by atoms with E-state index in [1.165, 1.54) is 23.5 Å². The number of amides is 1. The van der Waals surface area contributed by atoms with Crippen LogP contribution in [0.3, 0.4) is 0 Å². The molecule has 2 heterocycles. The maximum atomic E-state index is 12.4. The number of nitro benzene ring substituents is 1. The number of carbonyl (C=O) groups excluding carboxylic acids is 1. The number of fused-ring (bicyclic) bond motifs is 1. The van der Waals surface area contributed by atoms with Crippen molar-refractivity contribution in [2.75, 3.05) is 5.32 Å². The first kappa shape index (κ1) is 16.0. The first-order valence-electron chi connectivity index (χ1n) is 7.70. The van der Waals surface area contributed by atoms with Crippen molar-refractivity contribution in [1.29, 1.82) is 0 Å². The summed E-state index contributed by atoms with van der Waals surface area (Å²) < 4.78 is 2.60. The second-order valence-electron chi connectivity index (χ2n) is 5.52. The topological polar surface area (TPSA) is 90.1 Å². The van der Waals surface area contributed by atoms with Gasteiger partial charge in [0, 0.05) is 35.8 Å². The third-order valence-electron chi connectivity index (χ3n) is 3.84. The SMILES string of the molecule is O=C(Nc1nc2ccc([N+](=O)[O-])cc2s1)c1ccc(-n2cccc2)cc1. The molecule has 2 aromatic carbocycles. The molecule has 0 spiro atoms. The number of nitrogens with one attached hydrogen (secondary N) is 1. The Morgan fingerprint density at radius 2 is 1.85 bits per heavy atom. The summed E-state index contributed by atoms with van der Waals surface area (Å²) in [6.07, 6.45) is 3.85. The molecule has 8 heteroatoms. The molecule has 0 aliphatic rings. The standard InChI is InChI=1S/C18H12N4O3S/c23-17(12-3-5-13(6-4-12)21-9-1-2-10-21)20-18-19-15-8-7-14(22(24)25)11-16(15)26-18/h1-11H,(H,19,20,23). The molecule has 4 aromatic rings. The van der Waals surface area contributed by atoms with E-state index in [-0.39, 0.29) is 11.6 Å². The van der Waals surface area contributed by atoms with Gasteiger partial charge in [-0.05, 0) is 42.5 Å². The molecule has 1 N–H and O–H groups in total. The van der Waals surface area contributed by atoms with Crippen LogP contribution in [0.15, 0.2) is 67.0 Å². The quantitative estimate of drug-likeness (QED) is 0.433. The third kappa shape index (κ3) is 3.05. The summed E-state index contributed by atoms with van der Waals surface area (Å²) in [5.41, 5.74) is 2.07. The van der Waals surface area contributed by atoms with Crippen LogP contribution in [0.25, 0.3) is 15.9 Å². The second-order valence-corrected chi connectivity index (χ2v) is 6.55. The van der Waals surface area contributed by atoms with E-state index in [1.807, 2.05) is 41.2 Å². The lowest BCUT2D eigenvalue weighted by Crippen LogP contribution is -2.11. The molecule has 4 rings (SSSR count). The van der Waals surface area contributed by atoms with Crippen molar-refractivity contribution in [3.05, 3.63) is 82.7 Å². The molecule has 0 unspecified atom stereocenters. The first-order valence-corrected chi connectivity index (χ1v) is 8.51. The highest BCUT2D eigenvalue weighted by molar-refractivity contribution is 7.22. The zero-order valence-corrected chi connectivity index (χ0v) is 14.1. The summed E-state index contributed by atoms with van der Waals surface area (Å²) in [4.78, 5) is 27.1. The minimum atomic E-state index is -0.455. The van der Waals surface area contributed by atoms with Crippen LogP contribution < -0.4 is 5.32 Å². The van der Waals surface area contributed by atoms with Crippen molar-refractivity contribution in [3.63, 3.8) is 0 Å². The van der Waals surface area contributed by atoms with E-state index in [9.17, 15) is 14.9 Å². The lowest BCUT2D eigenvalue weighted by atomic mass is 10.2. The van der Waals surface area contributed by atoms with Crippen LogP contribution in [0.2, 0.25) is 0 Å². The molecule has 0 saturated carbocycles. The van der Waals surface area contributed by atoms with Crippen LogP contribution in [0, 0.1) is 10.1 Å². The number of aromatic nitrogens is 2. The Balaban J connectivity index is 1.54. The molecule has 0 aliphatic heterocycles. The lowest BCUT2D eigenvalue weighted by molar-refractivity contribution is -0.384. The average molecular weight is 364 g/mol. The summed E-state index contributed by atoms with van der Waals surface area (Å²) in [5, 5.41) is 14.0. The number of anilines is 1. The number of nitrogens with zero attached hydrogens (tertiary/aromatic N) is 3. The zero-order valence-electron chi connectivity index (χ0n) is 13.3. The molecule has 0 bridgehead atoms. The number of benzene rings is 2. The molecule has 0 fully saturated rings. The molecule has 128 valence electrons. The zero-order chi connectivity index (χ0) is 18.1. The van der Waals surface area contributed by atoms with Gasteiger partial charge in [0.1, 0.15) is 0 Å². The first-order chi connectivity index (χ1) is 12.6. The average Bonchev–Trinajstić information content (AvgIpc) is 3.30. The Kier molecular flexibility index (Phi) is 3.94. The minimum absolute atomic E-state index is 0.000345. The van der Waals surface area contributed by atoms with Gasteiger partial charge in [0.15, 0.2) is 5.13 Å². The van der Waals surface area contributed by atoms with Gasteiger partial charge in [0.25, 0.3) is 11.6 Å². The van der Waals surface area contributed by atoms with Crippen LogP contribution in [0.1, 0.15) is 10.4 Å².